The van der Waals surface area contributed by atoms with Gasteiger partial charge in [0.2, 0.25) is 11.8 Å². The minimum absolute atomic E-state index is 0.266. The van der Waals surface area contributed by atoms with Crippen molar-refractivity contribution in [1.29, 1.82) is 0 Å². The van der Waals surface area contributed by atoms with Crippen molar-refractivity contribution < 1.29 is 8.81 Å². The van der Waals surface area contributed by atoms with Crippen LogP contribution < -0.4 is 10.9 Å². The number of aryl methyl sites for hydroxylation is 1. The van der Waals surface area contributed by atoms with E-state index in [4.69, 9.17) is 4.42 Å². The highest BCUT2D eigenvalue weighted by atomic mass is 19.1. The Morgan fingerprint density at radius 1 is 1.11 bits per heavy atom. The Morgan fingerprint density at radius 3 is 2.67 bits per heavy atom. The Balaban J connectivity index is 1.79. The van der Waals surface area contributed by atoms with Gasteiger partial charge in [-0.1, -0.05) is 18.2 Å². The Morgan fingerprint density at radius 2 is 1.93 bits per heavy atom. The van der Waals surface area contributed by atoms with E-state index in [9.17, 15) is 9.18 Å². The third-order valence-electron chi connectivity index (χ3n) is 4.82. The largest absolute Gasteiger partial charge is 0.425 e. The molecule has 2 aromatic carbocycles. The van der Waals surface area contributed by atoms with Gasteiger partial charge in [-0.2, -0.15) is 5.10 Å². The van der Waals surface area contributed by atoms with E-state index in [0.29, 0.717) is 22.9 Å². The lowest BCUT2D eigenvalue weighted by Gasteiger charge is -2.32. The summed E-state index contributed by atoms with van der Waals surface area (Å²) >= 11 is 0. The van der Waals surface area contributed by atoms with Crippen molar-refractivity contribution in [2.24, 2.45) is 0 Å². The molecule has 27 heavy (non-hydrogen) atoms. The fraction of sp³-hybridized carbons (Fsp3) is 0.158. The third kappa shape index (κ3) is 2.41. The van der Waals surface area contributed by atoms with Crippen LogP contribution in [-0.2, 0) is 0 Å². The van der Waals surface area contributed by atoms with E-state index < -0.39 is 5.92 Å². The molecule has 0 amide bonds. The molecule has 134 valence electrons. The first-order valence-corrected chi connectivity index (χ1v) is 8.45. The van der Waals surface area contributed by atoms with Crippen LogP contribution in [-0.4, -0.2) is 20.4 Å². The molecule has 3 heterocycles. The first-order chi connectivity index (χ1) is 13.1. The Hall–Kier alpha value is -3.55. The average molecular weight is 363 g/mol. The van der Waals surface area contributed by atoms with Gasteiger partial charge in [0.05, 0.1) is 17.1 Å². The van der Waals surface area contributed by atoms with E-state index in [0.717, 1.165) is 16.6 Å². The van der Waals surface area contributed by atoms with Gasteiger partial charge in [-0.15, -0.1) is 10.2 Å². The minimum Gasteiger partial charge on any atom is -0.425 e. The SMILES string of the molecule is Cc1nnc(C2c3n[nH]c(=O)c4cccc(c34)NC2c2ccc(F)cc2)o1. The zero-order valence-electron chi connectivity index (χ0n) is 14.2. The summed E-state index contributed by atoms with van der Waals surface area (Å²) in [5.74, 6) is 0.0580. The fourth-order valence-electron chi connectivity index (χ4n) is 3.64. The van der Waals surface area contributed by atoms with Crippen molar-refractivity contribution in [2.75, 3.05) is 5.32 Å². The Labute approximate surface area is 152 Å². The second-order valence-electron chi connectivity index (χ2n) is 6.48. The molecule has 0 radical (unpaired) electrons. The van der Waals surface area contributed by atoms with Crippen molar-refractivity contribution in [3.63, 3.8) is 0 Å². The highest BCUT2D eigenvalue weighted by Gasteiger charge is 2.38. The predicted octanol–water partition coefficient (Wildman–Crippen LogP) is 3.05. The van der Waals surface area contributed by atoms with E-state index >= 15 is 0 Å². The van der Waals surface area contributed by atoms with Crippen LogP contribution in [0.15, 0.2) is 51.7 Å². The normalized spacial score (nSPS) is 18.4. The lowest BCUT2D eigenvalue weighted by atomic mass is 9.84. The molecule has 5 rings (SSSR count). The summed E-state index contributed by atoms with van der Waals surface area (Å²) in [6.45, 7) is 1.71. The number of nitrogens with zero attached hydrogens (tertiary/aromatic N) is 3. The van der Waals surface area contributed by atoms with Gasteiger partial charge in [0, 0.05) is 18.0 Å². The van der Waals surface area contributed by atoms with Gasteiger partial charge < -0.3 is 9.73 Å². The summed E-state index contributed by atoms with van der Waals surface area (Å²) < 4.78 is 19.1. The molecule has 0 bridgehead atoms. The van der Waals surface area contributed by atoms with Gasteiger partial charge in [-0.25, -0.2) is 9.49 Å². The molecule has 2 unspecified atom stereocenters. The Bertz CT molecular complexity index is 1210. The first kappa shape index (κ1) is 15.7. The molecule has 8 heteroatoms. The lowest BCUT2D eigenvalue weighted by Crippen LogP contribution is -2.28. The first-order valence-electron chi connectivity index (χ1n) is 8.45. The quantitative estimate of drug-likeness (QED) is 0.568. The number of aromatic nitrogens is 4. The van der Waals surface area contributed by atoms with Crippen molar-refractivity contribution in [2.45, 2.75) is 18.9 Å². The molecule has 2 aromatic heterocycles. The summed E-state index contributed by atoms with van der Waals surface area (Å²) in [4.78, 5) is 12.2. The second-order valence-corrected chi connectivity index (χ2v) is 6.48. The van der Waals surface area contributed by atoms with E-state index in [1.807, 2.05) is 12.1 Å². The van der Waals surface area contributed by atoms with Gasteiger partial charge in [0.15, 0.2) is 0 Å². The van der Waals surface area contributed by atoms with E-state index in [-0.39, 0.29) is 17.4 Å². The summed E-state index contributed by atoms with van der Waals surface area (Å²) in [6.07, 6.45) is 0. The molecule has 0 fully saturated rings. The Kier molecular flexibility index (Phi) is 3.33. The molecule has 7 nitrogen and oxygen atoms in total. The highest BCUT2D eigenvalue weighted by Crippen LogP contribution is 2.45. The summed E-state index contributed by atoms with van der Waals surface area (Å²) in [7, 11) is 0. The average Bonchev–Trinajstić information content (AvgIpc) is 3.10. The van der Waals surface area contributed by atoms with Crippen molar-refractivity contribution >= 4 is 16.5 Å². The smallest absolute Gasteiger partial charge is 0.272 e. The standard InChI is InChI=1S/C19H14FN5O2/c1-9-22-25-19(27-9)15-16(10-5-7-11(20)8-6-10)21-13-4-2-3-12-14(13)17(15)23-24-18(12)26/h2-8,15-16,21H,1H3,(H,24,26). The third-order valence-corrected chi connectivity index (χ3v) is 4.82. The van der Waals surface area contributed by atoms with Crippen LogP contribution >= 0.6 is 0 Å². The topological polar surface area (TPSA) is 96.7 Å². The number of benzene rings is 2. The van der Waals surface area contributed by atoms with Gasteiger partial charge in [-0.3, -0.25) is 4.79 Å². The number of aromatic amines is 1. The summed E-state index contributed by atoms with van der Waals surface area (Å²) in [6, 6.07) is 11.4. The zero-order chi connectivity index (χ0) is 18.5. The molecule has 0 aliphatic carbocycles. The van der Waals surface area contributed by atoms with Crippen LogP contribution in [0.3, 0.4) is 0 Å². The minimum atomic E-state index is -0.439. The van der Waals surface area contributed by atoms with E-state index in [1.165, 1.54) is 12.1 Å². The molecular formula is C19H14FN5O2. The molecule has 0 saturated carbocycles. The number of hydrogen-bond donors (Lipinski definition) is 2. The second kappa shape index (κ2) is 5.73. The molecule has 1 aliphatic heterocycles. The number of hydrogen-bond acceptors (Lipinski definition) is 6. The zero-order valence-corrected chi connectivity index (χ0v) is 14.2. The number of H-pyrrole nitrogens is 1. The summed E-state index contributed by atoms with van der Waals surface area (Å²) in [5, 5.41) is 19.7. The lowest BCUT2D eigenvalue weighted by molar-refractivity contribution is 0.423. The maximum Gasteiger partial charge on any atom is 0.272 e. The molecule has 1 aliphatic rings. The van der Waals surface area contributed by atoms with Gasteiger partial charge in [-0.05, 0) is 29.8 Å². The number of halogens is 1. The van der Waals surface area contributed by atoms with Crippen LogP contribution in [0.1, 0.15) is 35.0 Å². The number of anilines is 1. The number of nitrogens with one attached hydrogen (secondary N) is 2. The van der Waals surface area contributed by atoms with Crippen LogP contribution in [0.4, 0.5) is 10.1 Å². The van der Waals surface area contributed by atoms with Gasteiger partial charge in [0.25, 0.3) is 5.56 Å². The van der Waals surface area contributed by atoms with Crippen molar-refractivity contribution in [1.82, 2.24) is 20.4 Å². The highest BCUT2D eigenvalue weighted by molar-refractivity contribution is 5.97. The van der Waals surface area contributed by atoms with Crippen LogP contribution in [0.2, 0.25) is 0 Å². The number of rotatable bonds is 2. The molecular weight excluding hydrogens is 349 g/mol. The molecule has 2 atom stereocenters. The molecule has 0 spiro atoms. The molecule has 2 N–H and O–H groups in total. The predicted molar refractivity (Wildman–Crippen MR) is 96.0 cm³/mol. The van der Waals surface area contributed by atoms with Crippen molar-refractivity contribution in [3.8, 4) is 0 Å². The van der Waals surface area contributed by atoms with Crippen LogP contribution in [0.5, 0.6) is 0 Å². The van der Waals surface area contributed by atoms with Crippen LogP contribution in [0, 0.1) is 12.7 Å². The van der Waals surface area contributed by atoms with Crippen molar-refractivity contribution in [3.05, 3.63) is 81.7 Å². The maximum absolute atomic E-state index is 13.4. The van der Waals surface area contributed by atoms with Gasteiger partial charge in [0.1, 0.15) is 11.7 Å². The summed E-state index contributed by atoms with van der Waals surface area (Å²) in [5.41, 5.74) is 1.99. The van der Waals surface area contributed by atoms with E-state index in [1.54, 1.807) is 25.1 Å². The molecule has 4 aromatic rings. The molecule has 0 saturated heterocycles. The monoisotopic (exact) mass is 363 g/mol. The maximum atomic E-state index is 13.4. The van der Waals surface area contributed by atoms with E-state index in [2.05, 4.69) is 25.7 Å². The van der Waals surface area contributed by atoms with Gasteiger partial charge >= 0.3 is 0 Å². The fourth-order valence-corrected chi connectivity index (χ4v) is 3.64. The van der Waals surface area contributed by atoms with Crippen LogP contribution in [0.25, 0.3) is 10.8 Å².